The summed E-state index contributed by atoms with van der Waals surface area (Å²) in [5.41, 5.74) is 2.64. The lowest BCUT2D eigenvalue weighted by Gasteiger charge is -2.34. The molecule has 2 aromatic carbocycles. The van der Waals surface area contributed by atoms with Crippen LogP contribution in [0.5, 0.6) is 0 Å². The Kier molecular flexibility index (Phi) is 6.59. The molecular weight excluding hydrogens is 414 g/mol. The standard InChI is InChI=1S/C22H24ClN7O/c1-16(31)26-18-6-4-7-19(13-18)27-21-24-15-25-22(28-21)30-11-9-29(10-12-30)14-17-5-2-3-8-20(17)23/h2-8,13,15H,9-12,14H2,1H3,(H,26,31)(H,24,25,27,28). The van der Waals surface area contributed by atoms with Gasteiger partial charge in [-0.15, -0.1) is 0 Å². The molecule has 4 rings (SSSR count). The fraction of sp³-hybridized carbons (Fsp3) is 0.273. The summed E-state index contributed by atoms with van der Waals surface area (Å²) in [7, 11) is 0. The van der Waals surface area contributed by atoms with E-state index in [1.807, 2.05) is 42.5 Å². The van der Waals surface area contributed by atoms with Crippen molar-refractivity contribution in [2.75, 3.05) is 41.7 Å². The van der Waals surface area contributed by atoms with Crippen molar-refractivity contribution in [1.82, 2.24) is 19.9 Å². The zero-order valence-electron chi connectivity index (χ0n) is 17.3. The van der Waals surface area contributed by atoms with Crippen LogP contribution < -0.4 is 15.5 Å². The molecule has 8 nitrogen and oxygen atoms in total. The van der Waals surface area contributed by atoms with Crippen molar-refractivity contribution < 1.29 is 4.79 Å². The smallest absolute Gasteiger partial charge is 0.231 e. The van der Waals surface area contributed by atoms with Crippen LogP contribution in [0, 0.1) is 0 Å². The number of benzene rings is 2. The summed E-state index contributed by atoms with van der Waals surface area (Å²) in [6, 6.07) is 15.4. The van der Waals surface area contributed by atoms with Crippen molar-refractivity contribution in [2.45, 2.75) is 13.5 Å². The molecule has 9 heteroatoms. The van der Waals surface area contributed by atoms with Gasteiger partial charge < -0.3 is 15.5 Å². The van der Waals surface area contributed by atoms with Crippen molar-refractivity contribution in [3.8, 4) is 0 Å². The van der Waals surface area contributed by atoms with Gasteiger partial charge >= 0.3 is 0 Å². The second kappa shape index (κ2) is 9.72. The van der Waals surface area contributed by atoms with Crippen molar-refractivity contribution in [2.24, 2.45) is 0 Å². The molecule has 2 heterocycles. The molecule has 0 saturated carbocycles. The number of nitrogens with zero attached hydrogens (tertiary/aromatic N) is 5. The summed E-state index contributed by atoms with van der Waals surface area (Å²) in [6.07, 6.45) is 1.51. The Morgan fingerprint density at radius 3 is 2.58 bits per heavy atom. The van der Waals surface area contributed by atoms with Gasteiger partial charge in [0.25, 0.3) is 0 Å². The highest BCUT2D eigenvalue weighted by atomic mass is 35.5. The number of carbonyl (C=O) groups excluding carboxylic acids is 1. The van der Waals surface area contributed by atoms with Crippen LogP contribution in [0.15, 0.2) is 54.9 Å². The number of hydrogen-bond donors (Lipinski definition) is 2. The molecule has 1 fully saturated rings. The molecule has 31 heavy (non-hydrogen) atoms. The lowest BCUT2D eigenvalue weighted by molar-refractivity contribution is -0.114. The van der Waals surface area contributed by atoms with Gasteiger partial charge in [-0.05, 0) is 29.8 Å². The summed E-state index contributed by atoms with van der Waals surface area (Å²) in [5.74, 6) is 0.990. The van der Waals surface area contributed by atoms with Gasteiger partial charge in [0, 0.05) is 56.0 Å². The summed E-state index contributed by atoms with van der Waals surface area (Å²) < 4.78 is 0. The van der Waals surface area contributed by atoms with E-state index in [1.54, 1.807) is 0 Å². The molecule has 2 N–H and O–H groups in total. The monoisotopic (exact) mass is 437 g/mol. The number of carbonyl (C=O) groups is 1. The molecule has 0 aliphatic carbocycles. The fourth-order valence-electron chi connectivity index (χ4n) is 3.48. The van der Waals surface area contributed by atoms with Crippen LogP contribution in [-0.4, -0.2) is 51.9 Å². The minimum Gasteiger partial charge on any atom is -0.338 e. The van der Waals surface area contributed by atoms with E-state index in [9.17, 15) is 4.79 Å². The maximum atomic E-state index is 11.3. The number of hydrogen-bond acceptors (Lipinski definition) is 7. The highest BCUT2D eigenvalue weighted by Crippen LogP contribution is 2.21. The van der Waals surface area contributed by atoms with Gasteiger partial charge in [0.2, 0.25) is 17.8 Å². The third-order valence-electron chi connectivity index (χ3n) is 5.01. The van der Waals surface area contributed by atoms with Crippen LogP contribution in [0.25, 0.3) is 0 Å². The minimum atomic E-state index is -0.117. The average Bonchev–Trinajstić information content (AvgIpc) is 2.76. The van der Waals surface area contributed by atoms with E-state index >= 15 is 0 Å². The number of amides is 1. The van der Waals surface area contributed by atoms with Crippen LogP contribution in [0.4, 0.5) is 23.3 Å². The number of halogens is 1. The molecule has 1 saturated heterocycles. The summed E-state index contributed by atoms with van der Waals surface area (Å²) in [6.45, 7) is 5.77. The van der Waals surface area contributed by atoms with Gasteiger partial charge in [-0.2, -0.15) is 4.98 Å². The van der Waals surface area contributed by atoms with Crippen LogP contribution in [-0.2, 0) is 11.3 Å². The Morgan fingerprint density at radius 1 is 1.03 bits per heavy atom. The van der Waals surface area contributed by atoms with Gasteiger partial charge in [0.05, 0.1) is 0 Å². The molecule has 0 spiro atoms. The Labute approximate surface area is 186 Å². The highest BCUT2D eigenvalue weighted by Gasteiger charge is 2.20. The SMILES string of the molecule is CC(=O)Nc1cccc(Nc2ncnc(N3CCN(Cc4ccccc4Cl)CC3)n2)c1. The second-order valence-electron chi connectivity index (χ2n) is 7.35. The zero-order valence-corrected chi connectivity index (χ0v) is 18.0. The van der Waals surface area contributed by atoms with Gasteiger partial charge in [0.15, 0.2) is 0 Å². The minimum absolute atomic E-state index is 0.117. The van der Waals surface area contributed by atoms with Crippen LogP contribution in [0.2, 0.25) is 5.02 Å². The first kappa shape index (κ1) is 21.0. The second-order valence-corrected chi connectivity index (χ2v) is 7.76. The van der Waals surface area contributed by atoms with E-state index in [0.29, 0.717) is 17.6 Å². The van der Waals surface area contributed by atoms with Gasteiger partial charge in [-0.25, -0.2) is 9.97 Å². The Bertz CT molecular complexity index is 1050. The van der Waals surface area contributed by atoms with Crippen LogP contribution in [0.1, 0.15) is 12.5 Å². The first-order chi connectivity index (χ1) is 15.1. The zero-order chi connectivity index (χ0) is 21.6. The number of nitrogens with one attached hydrogen (secondary N) is 2. The third kappa shape index (κ3) is 5.68. The summed E-state index contributed by atoms with van der Waals surface area (Å²) in [5, 5.41) is 6.75. The molecule has 0 bridgehead atoms. The van der Waals surface area contributed by atoms with Crippen LogP contribution >= 0.6 is 11.6 Å². The lowest BCUT2D eigenvalue weighted by atomic mass is 10.2. The lowest BCUT2D eigenvalue weighted by Crippen LogP contribution is -2.46. The molecule has 1 aliphatic heterocycles. The Hall–Kier alpha value is -3.23. The number of rotatable bonds is 6. The van der Waals surface area contributed by atoms with Gasteiger partial charge in [0.1, 0.15) is 6.33 Å². The van der Waals surface area contributed by atoms with E-state index in [1.165, 1.54) is 13.3 Å². The first-order valence-corrected chi connectivity index (χ1v) is 10.5. The number of piperazine rings is 1. The van der Waals surface area contributed by atoms with E-state index in [2.05, 4.69) is 41.5 Å². The molecule has 0 unspecified atom stereocenters. The normalized spacial score (nSPS) is 14.3. The summed E-state index contributed by atoms with van der Waals surface area (Å²) >= 11 is 6.29. The number of anilines is 4. The largest absolute Gasteiger partial charge is 0.338 e. The fourth-order valence-corrected chi connectivity index (χ4v) is 3.68. The Balaban J connectivity index is 1.37. The molecule has 1 aliphatic rings. The number of aromatic nitrogens is 3. The topological polar surface area (TPSA) is 86.3 Å². The van der Waals surface area contributed by atoms with Gasteiger partial charge in [-0.3, -0.25) is 9.69 Å². The van der Waals surface area contributed by atoms with E-state index in [4.69, 9.17) is 11.6 Å². The predicted octanol–water partition coefficient (Wildman–Crippen LogP) is 3.55. The highest BCUT2D eigenvalue weighted by molar-refractivity contribution is 6.31. The molecule has 160 valence electrons. The molecule has 0 radical (unpaired) electrons. The van der Waals surface area contributed by atoms with Crippen molar-refractivity contribution >= 4 is 40.8 Å². The maximum Gasteiger partial charge on any atom is 0.231 e. The predicted molar refractivity (Wildman–Crippen MR) is 123 cm³/mol. The van der Waals surface area contributed by atoms with E-state index in [-0.39, 0.29) is 5.91 Å². The Morgan fingerprint density at radius 2 is 1.81 bits per heavy atom. The molecule has 0 atom stereocenters. The average molecular weight is 438 g/mol. The van der Waals surface area contributed by atoms with Crippen molar-refractivity contribution in [3.63, 3.8) is 0 Å². The van der Waals surface area contributed by atoms with Gasteiger partial charge in [-0.1, -0.05) is 35.9 Å². The maximum absolute atomic E-state index is 11.3. The first-order valence-electron chi connectivity index (χ1n) is 10.1. The van der Waals surface area contributed by atoms with Crippen LogP contribution in [0.3, 0.4) is 0 Å². The molecule has 3 aromatic rings. The molecule has 1 aromatic heterocycles. The summed E-state index contributed by atoms with van der Waals surface area (Å²) in [4.78, 5) is 29.0. The van der Waals surface area contributed by atoms with Crippen molar-refractivity contribution in [3.05, 3.63) is 65.4 Å². The third-order valence-corrected chi connectivity index (χ3v) is 5.37. The van der Waals surface area contributed by atoms with E-state index < -0.39 is 0 Å². The molecular formula is C22H24ClN7O. The quantitative estimate of drug-likeness (QED) is 0.609. The van der Waals surface area contributed by atoms with Crippen molar-refractivity contribution in [1.29, 1.82) is 0 Å². The molecule has 1 amide bonds. The van der Waals surface area contributed by atoms with E-state index in [0.717, 1.165) is 49.0 Å².